The zero-order chi connectivity index (χ0) is 9.97. The van der Waals surface area contributed by atoms with E-state index in [0.717, 1.165) is 17.2 Å². The van der Waals surface area contributed by atoms with Crippen LogP contribution in [0.1, 0.15) is 5.56 Å². The summed E-state index contributed by atoms with van der Waals surface area (Å²) in [5, 5.41) is 3.26. The lowest BCUT2D eigenvalue weighted by atomic mass is 10.3. The number of hydrogen-bond donors (Lipinski definition) is 1. The van der Waals surface area contributed by atoms with Gasteiger partial charge < -0.3 is 12.4 Å². The molecule has 2 aromatic rings. The fraction of sp³-hybridized carbons (Fsp3) is 0.111. The normalized spacial score (nSPS) is 9.67. The molecule has 2 rings (SSSR count). The number of rotatable bonds is 2. The summed E-state index contributed by atoms with van der Waals surface area (Å²) in [6.07, 6.45) is 3.71. The summed E-state index contributed by atoms with van der Waals surface area (Å²) in [6, 6.07) is 3.72. The number of nitrogens with zero attached hydrogens (tertiary/aromatic N) is 2. The van der Waals surface area contributed by atoms with Crippen molar-refractivity contribution < 1.29 is 17.0 Å². The Balaban J connectivity index is 0.00000112. The summed E-state index contributed by atoms with van der Waals surface area (Å²) in [6.45, 7) is 0.736. The first kappa shape index (κ1) is 12.2. The molecule has 15 heavy (non-hydrogen) atoms. The highest BCUT2D eigenvalue weighted by Gasteiger charge is 2.06. The molecule has 0 saturated heterocycles. The largest absolute Gasteiger partial charge is 1.00 e. The van der Waals surface area contributed by atoms with Crippen molar-refractivity contribution in [2.45, 2.75) is 6.54 Å². The Labute approximate surface area is 103 Å². The maximum absolute atomic E-state index is 5.75. The smallest absolute Gasteiger partial charge is 0.331 e. The van der Waals surface area contributed by atoms with Crippen LogP contribution in [0.25, 0.3) is 0 Å². The topological polar surface area (TPSA) is 42.8 Å². The molecular formula is C9H9Cl2N3S. The molecule has 0 spiro atoms. The van der Waals surface area contributed by atoms with E-state index >= 15 is 0 Å². The Kier molecular flexibility index (Phi) is 4.32. The fourth-order valence-electron chi connectivity index (χ4n) is 1.14. The van der Waals surface area contributed by atoms with Crippen molar-refractivity contribution in [3.05, 3.63) is 40.6 Å². The third-order valence-electron chi connectivity index (χ3n) is 1.85. The Morgan fingerprint density at radius 1 is 1.47 bits per heavy atom. The van der Waals surface area contributed by atoms with Gasteiger partial charge in [0.25, 0.3) is 0 Å². The summed E-state index contributed by atoms with van der Waals surface area (Å²) in [5.74, 6) is 0. The van der Waals surface area contributed by atoms with E-state index in [0.29, 0.717) is 5.15 Å². The molecule has 0 radical (unpaired) electrons. The predicted molar refractivity (Wildman–Crippen MR) is 57.3 cm³/mol. The maximum Gasteiger partial charge on any atom is 0.331 e. The van der Waals surface area contributed by atoms with Crippen molar-refractivity contribution >= 4 is 28.1 Å². The Morgan fingerprint density at radius 3 is 2.80 bits per heavy atom. The number of nitrogens with two attached hydrogens (primary N) is 1. The van der Waals surface area contributed by atoms with Crippen LogP contribution in [0, 0.1) is 0 Å². The van der Waals surface area contributed by atoms with Gasteiger partial charge in [-0.3, -0.25) is 5.73 Å². The first-order chi connectivity index (χ1) is 6.75. The second-order valence-electron chi connectivity index (χ2n) is 2.86. The molecule has 0 aromatic carbocycles. The van der Waals surface area contributed by atoms with Gasteiger partial charge in [0.05, 0.1) is 0 Å². The van der Waals surface area contributed by atoms with Crippen molar-refractivity contribution in [2.24, 2.45) is 0 Å². The standard InChI is InChI=1S/C9H8ClN3S.ClH/c10-8-2-1-7(5-12-8)6-13-3-4-14-9(13)11;/h1-5,11H,6H2;1H. The fourth-order valence-corrected chi connectivity index (χ4v) is 1.86. The number of hydrogen-bond acceptors (Lipinski definition) is 3. The molecule has 2 aromatic heterocycles. The second-order valence-corrected chi connectivity index (χ2v) is 4.17. The monoisotopic (exact) mass is 261 g/mol. The summed E-state index contributed by atoms with van der Waals surface area (Å²) in [5.41, 5.74) is 6.84. The minimum absolute atomic E-state index is 0. The molecule has 0 atom stereocenters. The van der Waals surface area contributed by atoms with Crippen LogP contribution in [0.3, 0.4) is 0 Å². The molecule has 0 aliphatic heterocycles. The van der Waals surface area contributed by atoms with Crippen LogP contribution in [0.15, 0.2) is 29.9 Å². The van der Waals surface area contributed by atoms with Crippen LogP contribution < -0.4 is 22.7 Å². The van der Waals surface area contributed by atoms with Crippen molar-refractivity contribution in [3.63, 3.8) is 0 Å². The van der Waals surface area contributed by atoms with Gasteiger partial charge >= 0.3 is 5.13 Å². The van der Waals surface area contributed by atoms with Crippen LogP contribution in [0.2, 0.25) is 5.15 Å². The van der Waals surface area contributed by atoms with Gasteiger partial charge in [0.15, 0.2) is 0 Å². The van der Waals surface area contributed by atoms with E-state index < -0.39 is 0 Å². The molecule has 80 valence electrons. The number of anilines is 1. The van der Waals surface area contributed by atoms with Crippen molar-refractivity contribution in [3.8, 4) is 0 Å². The van der Waals surface area contributed by atoms with Gasteiger partial charge in [-0.05, 0) is 6.07 Å². The summed E-state index contributed by atoms with van der Waals surface area (Å²) in [7, 11) is 0. The molecule has 0 unspecified atom stereocenters. The molecule has 0 aliphatic rings. The number of pyridine rings is 1. The van der Waals surface area contributed by atoms with Gasteiger partial charge in [-0.2, -0.15) is 0 Å². The van der Waals surface area contributed by atoms with Gasteiger partial charge in [0.1, 0.15) is 17.9 Å². The van der Waals surface area contributed by atoms with E-state index in [9.17, 15) is 0 Å². The van der Waals surface area contributed by atoms with Gasteiger partial charge in [0.2, 0.25) is 0 Å². The summed E-state index contributed by atoms with van der Waals surface area (Å²) in [4.78, 5) is 4.00. The molecule has 6 heteroatoms. The average molecular weight is 262 g/mol. The van der Waals surface area contributed by atoms with Crippen molar-refractivity contribution in [1.82, 2.24) is 4.98 Å². The zero-order valence-corrected chi connectivity index (χ0v) is 10.1. The highest BCUT2D eigenvalue weighted by atomic mass is 35.5. The number of aromatic nitrogens is 2. The van der Waals surface area contributed by atoms with Gasteiger partial charge in [-0.1, -0.05) is 29.0 Å². The lowest BCUT2D eigenvalue weighted by molar-refractivity contribution is -0.669. The second kappa shape index (κ2) is 5.30. The van der Waals surface area contributed by atoms with Crippen molar-refractivity contribution in [1.29, 1.82) is 0 Å². The van der Waals surface area contributed by atoms with Crippen LogP contribution in [0.4, 0.5) is 5.13 Å². The van der Waals surface area contributed by atoms with E-state index in [1.807, 2.05) is 22.2 Å². The minimum Gasteiger partial charge on any atom is -1.00 e. The Morgan fingerprint density at radius 2 is 2.27 bits per heavy atom. The highest BCUT2D eigenvalue weighted by molar-refractivity contribution is 7.12. The zero-order valence-electron chi connectivity index (χ0n) is 7.73. The van der Waals surface area contributed by atoms with E-state index in [1.54, 1.807) is 12.3 Å². The molecule has 3 nitrogen and oxygen atoms in total. The number of halogens is 2. The van der Waals surface area contributed by atoms with E-state index in [4.69, 9.17) is 17.3 Å². The highest BCUT2D eigenvalue weighted by Crippen LogP contribution is 2.07. The van der Waals surface area contributed by atoms with Crippen LogP contribution in [0.5, 0.6) is 0 Å². The molecule has 0 saturated carbocycles. The van der Waals surface area contributed by atoms with Gasteiger partial charge in [-0.25, -0.2) is 9.55 Å². The van der Waals surface area contributed by atoms with E-state index in [1.165, 1.54) is 11.3 Å². The van der Waals surface area contributed by atoms with Crippen molar-refractivity contribution in [2.75, 3.05) is 5.73 Å². The van der Waals surface area contributed by atoms with E-state index in [2.05, 4.69) is 4.98 Å². The first-order valence-electron chi connectivity index (χ1n) is 4.08. The third kappa shape index (κ3) is 3.06. The maximum atomic E-state index is 5.75. The molecule has 2 N–H and O–H groups in total. The Hall–Kier alpha value is -0.840. The van der Waals surface area contributed by atoms with Gasteiger partial charge in [0, 0.05) is 17.1 Å². The molecule has 0 aliphatic carbocycles. The number of nitrogen functional groups attached to an aromatic ring is 1. The van der Waals surface area contributed by atoms with Gasteiger partial charge in [-0.15, -0.1) is 0 Å². The predicted octanol–water partition coefficient (Wildman–Crippen LogP) is -1.28. The molecule has 0 bridgehead atoms. The molecule has 0 amide bonds. The van der Waals surface area contributed by atoms with Crippen LogP contribution >= 0.6 is 22.9 Å². The Bertz CT molecular complexity index is 427. The van der Waals surface area contributed by atoms with Crippen LogP contribution in [-0.4, -0.2) is 4.98 Å². The van der Waals surface area contributed by atoms with E-state index in [-0.39, 0.29) is 12.4 Å². The quantitative estimate of drug-likeness (QED) is 0.541. The lowest BCUT2D eigenvalue weighted by Gasteiger charge is -1.98. The lowest BCUT2D eigenvalue weighted by Crippen LogP contribution is -3.00. The first-order valence-corrected chi connectivity index (χ1v) is 5.34. The average Bonchev–Trinajstić information content (AvgIpc) is 2.56. The molecule has 0 fully saturated rings. The number of thiazole rings is 1. The SMILES string of the molecule is Nc1scc[n+]1Cc1ccc(Cl)nc1.[Cl-]. The molecule has 2 heterocycles. The summed E-state index contributed by atoms with van der Waals surface area (Å²) >= 11 is 7.21. The molecular weight excluding hydrogens is 253 g/mol. The minimum atomic E-state index is 0. The third-order valence-corrected chi connectivity index (χ3v) is 2.81. The summed E-state index contributed by atoms with van der Waals surface area (Å²) < 4.78 is 1.97. The van der Waals surface area contributed by atoms with Crippen LogP contribution in [-0.2, 0) is 6.54 Å².